The van der Waals surface area contributed by atoms with E-state index in [0.29, 0.717) is 41.1 Å². The van der Waals surface area contributed by atoms with Gasteiger partial charge in [0.2, 0.25) is 0 Å². The van der Waals surface area contributed by atoms with Gasteiger partial charge in [0, 0.05) is 52.5 Å². The van der Waals surface area contributed by atoms with Gasteiger partial charge >= 0.3 is 0 Å². The summed E-state index contributed by atoms with van der Waals surface area (Å²) in [6.07, 6.45) is 18.0. The summed E-state index contributed by atoms with van der Waals surface area (Å²) in [5, 5.41) is 20.0. The summed E-state index contributed by atoms with van der Waals surface area (Å²) in [5.74, 6) is 0.751. The molecule has 50 heavy (non-hydrogen) atoms. The Morgan fingerprint density at radius 3 is 1.50 bits per heavy atom. The van der Waals surface area contributed by atoms with Crippen molar-refractivity contribution < 1.29 is 40.8 Å². The van der Waals surface area contributed by atoms with Gasteiger partial charge in [-0.1, -0.05) is 94.2 Å². The van der Waals surface area contributed by atoms with Gasteiger partial charge in [-0.25, -0.2) is 0 Å². The molecule has 3 fully saturated rings. The average molecular weight is 862 g/mol. The molecule has 0 aromatic carbocycles. The zero-order chi connectivity index (χ0) is 33.6. The van der Waals surface area contributed by atoms with E-state index in [0.717, 1.165) is 37.0 Å². The maximum Gasteiger partial charge on any atom is 0.171 e. The van der Waals surface area contributed by atoms with Crippen molar-refractivity contribution in [3.63, 3.8) is 0 Å². The second-order valence-electron chi connectivity index (χ2n) is 12.1. The van der Waals surface area contributed by atoms with Crippen LogP contribution in [0.3, 0.4) is 0 Å². The van der Waals surface area contributed by atoms with Crippen molar-refractivity contribution in [2.75, 3.05) is 37.6 Å². The minimum Gasteiger partial charge on any atom is -0.686 e. The second-order valence-corrected chi connectivity index (χ2v) is 12.1. The molecule has 4 aromatic heterocycles. The minimum absolute atomic E-state index is 0. The van der Waals surface area contributed by atoms with Gasteiger partial charge < -0.3 is 52.7 Å². The van der Waals surface area contributed by atoms with Crippen LogP contribution in [0.15, 0.2) is 82.0 Å². The van der Waals surface area contributed by atoms with E-state index in [1.165, 1.54) is 75.6 Å². The van der Waals surface area contributed by atoms with Crippen LogP contribution < -0.4 is 32.6 Å². The van der Waals surface area contributed by atoms with Gasteiger partial charge in [0.25, 0.3) is 0 Å². The zero-order valence-electron chi connectivity index (χ0n) is 28.0. The van der Waals surface area contributed by atoms with E-state index in [2.05, 4.69) is 59.4 Å². The van der Waals surface area contributed by atoms with E-state index in [1.807, 2.05) is 0 Å². The fourth-order valence-electron chi connectivity index (χ4n) is 5.93. The number of nitrogen functional groups attached to an aromatic ring is 2. The number of piperidine rings is 3. The predicted molar refractivity (Wildman–Crippen MR) is 195 cm³/mol. The Kier molecular flexibility index (Phi) is 18.1. The molecule has 276 valence electrons. The molecule has 3 saturated heterocycles. The fourth-order valence-corrected chi connectivity index (χ4v) is 5.93. The zero-order valence-corrected chi connectivity index (χ0v) is 31.1. The summed E-state index contributed by atoms with van der Waals surface area (Å²) in [4.78, 5) is 36.8. The molecule has 0 bridgehead atoms. The Bertz CT molecular complexity index is 1670. The molecule has 3 atom stereocenters. The van der Waals surface area contributed by atoms with Crippen LogP contribution in [-0.2, 0) is 40.8 Å². The van der Waals surface area contributed by atoms with Gasteiger partial charge in [-0.15, -0.1) is 38.3 Å². The summed E-state index contributed by atoms with van der Waals surface area (Å²) < 4.78 is 0. The van der Waals surface area contributed by atoms with Crippen LogP contribution in [0.4, 0.5) is 11.6 Å². The van der Waals surface area contributed by atoms with Crippen LogP contribution >= 0.6 is 0 Å². The monoisotopic (exact) mass is 860 g/mol. The summed E-state index contributed by atoms with van der Waals surface area (Å²) in [7, 11) is 0. The van der Waals surface area contributed by atoms with Crippen LogP contribution in [0.1, 0.15) is 57.8 Å². The topological polar surface area (TPSA) is 197 Å². The number of nitrogens with zero attached hydrogens (tertiary/aromatic N) is 8. The first-order valence-corrected chi connectivity index (χ1v) is 16.9. The van der Waals surface area contributed by atoms with E-state index < -0.39 is 0 Å². The van der Waals surface area contributed by atoms with Crippen LogP contribution in [0.25, 0.3) is 43.3 Å². The molecule has 4 aromatic rings. The van der Waals surface area contributed by atoms with Crippen LogP contribution in [0.5, 0.6) is 0 Å². The molecule has 12 nitrogen and oxygen atoms in total. The molecule has 0 aliphatic carbocycles. The number of hydrogen-bond acceptors (Lipinski definition) is 6. The molecule has 0 saturated carbocycles. The third kappa shape index (κ3) is 13.2. The van der Waals surface area contributed by atoms with E-state index in [9.17, 15) is 9.59 Å². The number of rotatable bonds is 2. The maximum atomic E-state index is 10.8. The molecule has 4 N–H and O–H groups in total. The largest absolute Gasteiger partial charge is 0.686 e. The maximum absolute atomic E-state index is 10.8. The quantitative estimate of drug-likeness (QED) is 0.234. The van der Waals surface area contributed by atoms with E-state index in [4.69, 9.17) is 11.5 Å². The van der Waals surface area contributed by atoms with Crippen molar-refractivity contribution in [2.45, 2.75) is 75.9 Å². The predicted octanol–water partition coefficient (Wildman–Crippen LogP) is 5.84. The van der Waals surface area contributed by atoms with Crippen molar-refractivity contribution >= 4 is 33.7 Å². The van der Waals surface area contributed by atoms with Crippen LogP contribution in [0, 0.1) is 0 Å². The number of nitrogens with two attached hydrogens (primary N) is 2. The van der Waals surface area contributed by atoms with E-state index in [-0.39, 0.29) is 52.0 Å². The molecular formula is C36H44N10O2Pd2-6. The fraction of sp³-hybridized carbons (Fsp3) is 0.444. The third-order valence-corrected chi connectivity index (χ3v) is 8.44. The average Bonchev–Trinajstić information content (AvgIpc) is 3.13. The molecule has 4 aliphatic rings. The second kappa shape index (κ2) is 21.9. The van der Waals surface area contributed by atoms with Crippen LogP contribution in [-0.4, -0.2) is 54.3 Å². The molecule has 0 radical (unpaired) electrons. The molecular weight excluding hydrogens is 817 g/mol. The number of allylic oxidation sites excluding steroid dienone is 2. The molecule has 8 rings (SSSR count). The summed E-state index contributed by atoms with van der Waals surface area (Å²) in [6, 6.07) is 14.7. The van der Waals surface area contributed by atoms with Gasteiger partial charge in [-0.05, 0) is 46.3 Å². The number of anilines is 2. The van der Waals surface area contributed by atoms with Crippen molar-refractivity contribution in [3.05, 3.63) is 114 Å². The first-order chi connectivity index (χ1) is 23.4. The molecule has 3 unspecified atom stereocenters. The standard InChI is InChI=1S/C10H18N2.C10H14N2.2C8H7N3O.2Pd/c2*1-3-7-11-9(5-1)10-6-2-4-8-12-10;2*9-6-3-1-5-2-4-7(12)11-8(5)10-6;;/h9-10H,1-8H2;1,3,5,10H,2,4,6-8H2;2*1-4H,(H3,9,10,11,12);;/q2*-2;;;;/p-2. The molecule has 0 amide bonds. The Balaban J connectivity index is 0.000000178. The third-order valence-electron chi connectivity index (χ3n) is 8.44. The molecule has 8 heterocycles. The first-order valence-electron chi connectivity index (χ1n) is 16.9. The Hall–Kier alpha value is -3.20. The SMILES string of the molecule is C1=CC[N-]C(C2CCCC[N-]2)=C1.C1CCC(C2CCCC[N-]2)[N-]C1.Nc1ccc2ccc(=O)[n-]c2n1.Nc1ccc2ccc(=O)[n-]c2n1.[Pd].[Pd]. The van der Waals surface area contributed by atoms with Gasteiger partial charge in [-0.2, -0.15) is 17.8 Å². The smallest absolute Gasteiger partial charge is 0.171 e. The van der Waals surface area contributed by atoms with Gasteiger partial charge in [-0.3, -0.25) is 9.59 Å². The number of pyridine rings is 4. The normalized spacial score (nSPS) is 21.1. The van der Waals surface area contributed by atoms with E-state index >= 15 is 0 Å². The Labute approximate surface area is 320 Å². The first kappa shape index (κ1) is 41.2. The summed E-state index contributed by atoms with van der Waals surface area (Å²) in [5.41, 5.74) is 12.3. The summed E-state index contributed by atoms with van der Waals surface area (Å²) >= 11 is 0. The van der Waals surface area contributed by atoms with Crippen LogP contribution in [0.2, 0.25) is 0 Å². The van der Waals surface area contributed by atoms with Crippen molar-refractivity contribution in [1.29, 1.82) is 0 Å². The molecule has 4 aliphatic heterocycles. The number of hydrogen-bond donors (Lipinski definition) is 2. The van der Waals surface area contributed by atoms with Gasteiger partial charge in [0.15, 0.2) is 11.1 Å². The minimum atomic E-state index is -0.291. The number of fused-ring (bicyclic) bond motifs is 2. The van der Waals surface area contributed by atoms with E-state index in [1.54, 1.807) is 36.4 Å². The van der Waals surface area contributed by atoms with Crippen molar-refractivity contribution in [2.24, 2.45) is 0 Å². The number of aromatic nitrogens is 4. The van der Waals surface area contributed by atoms with Crippen molar-refractivity contribution in [1.82, 2.24) is 19.9 Å². The van der Waals surface area contributed by atoms with Crippen molar-refractivity contribution in [3.8, 4) is 0 Å². The molecule has 0 spiro atoms. The Morgan fingerprint density at radius 1 is 0.600 bits per heavy atom. The molecule has 14 heteroatoms. The van der Waals surface area contributed by atoms with Gasteiger partial charge in [0.05, 0.1) is 0 Å². The Morgan fingerprint density at radius 2 is 1.08 bits per heavy atom. The summed E-state index contributed by atoms with van der Waals surface area (Å²) in [6.45, 7) is 4.06. The van der Waals surface area contributed by atoms with Gasteiger partial charge in [0.1, 0.15) is 0 Å².